The van der Waals surface area contributed by atoms with Crippen LogP contribution in [0.1, 0.15) is 122 Å². The van der Waals surface area contributed by atoms with Crippen molar-refractivity contribution in [2.75, 3.05) is 39.5 Å². The highest BCUT2D eigenvalue weighted by molar-refractivity contribution is 5.83. The summed E-state index contributed by atoms with van der Waals surface area (Å²) in [7, 11) is 0. The molecule has 58 heavy (non-hydrogen) atoms. The van der Waals surface area contributed by atoms with Crippen molar-refractivity contribution in [3.63, 3.8) is 0 Å². The third kappa shape index (κ3) is 15.4. The fourth-order valence-corrected chi connectivity index (χ4v) is 8.06. The lowest BCUT2D eigenvalue weighted by Gasteiger charge is -2.25. The summed E-state index contributed by atoms with van der Waals surface area (Å²) in [5, 5.41) is 32.9. The zero-order valence-electron chi connectivity index (χ0n) is 36.8. The standard InChI is InChI=1S/C49H79N3O6/c1-7-14-35(15-8-2)32-57-46-19-13-18-38(24-43(54)29-51)48(46)41-23-40(25-44(55)30-52)49(47(27-41)58-33-36(16-9-3)17-10-4)39-20-37(21-42(53)28-50)22-45(26-39)56-31-34(11-5)12-6/h13,18-20,22-23,26-27,34-36,42-44,53-55H,7-12,14-17,21,24-25,28-33,50-52H2,1-6H3/t42-,43+,44-/m1/s1. The molecule has 0 aliphatic heterocycles. The van der Waals surface area contributed by atoms with Gasteiger partial charge in [-0.1, -0.05) is 104 Å². The van der Waals surface area contributed by atoms with E-state index in [1.165, 1.54) is 0 Å². The number of nitrogens with two attached hydrogens (primary N) is 3. The molecular formula is C49H79N3O6. The van der Waals surface area contributed by atoms with Gasteiger partial charge in [0.25, 0.3) is 0 Å². The molecule has 0 fully saturated rings. The molecule has 0 saturated heterocycles. The Morgan fingerprint density at radius 1 is 0.500 bits per heavy atom. The minimum atomic E-state index is -0.809. The molecule has 3 atom stereocenters. The van der Waals surface area contributed by atoms with E-state index in [4.69, 9.17) is 31.4 Å². The average molecular weight is 806 g/mol. The molecule has 0 heterocycles. The first-order valence-electron chi connectivity index (χ1n) is 22.5. The van der Waals surface area contributed by atoms with Gasteiger partial charge in [-0.05, 0) is 102 Å². The predicted molar refractivity (Wildman–Crippen MR) is 241 cm³/mol. The largest absolute Gasteiger partial charge is 0.493 e. The van der Waals surface area contributed by atoms with E-state index in [1.807, 2.05) is 24.3 Å². The van der Waals surface area contributed by atoms with Crippen molar-refractivity contribution in [1.82, 2.24) is 0 Å². The third-order valence-electron chi connectivity index (χ3n) is 11.4. The second-order valence-corrected chi connectivity index (χ2v) is 16.4. The highest BCUT2D eigenvalue weighted by Gasteiger charge is 2.24. The minimum Gasteiger partial charge on any atom is -0.493 e. The third-order valence-corrected chi connectivity index (χ3v) is 11.4. The summed E-state index contributed by atoms with van der Waals surface area (Å²) in [4.78, 5) is 0. The second kappa shape index (κ2) is 26.8. The van der Waals surface area contributed by atoms with Crippen LogP contribution in [0.15, 0.2) is 48.5 Å². The topological polar surface area (TPSA) is 166 Å². The van der Waals surface area contributed by atoms with Crippen LogP contribution in [0, 0.1) is 17.8 Å². The van der Waals surface area contributed by atoms with Crippen LogP contribution in [0.2, 0.25) is 0 Å². The van der Waals surface area contributed by atoms with Crippen LogP contribution in [0.25, 0.3) is 22.3 Å². The zero-order chi connectivity index (χ0) is 42.5. The molecule has 3 rings (SSSR count). The molecule has 0 radical (unpaired) electrons. The Kier molecular flexibility index (Phi) is 22.7. The summed E-state index contributed by atoms with van der Waals surface area (Å²) in [6, 6.07) is 16.4. The summed E-state index contributed by atoms with van der Waals surface area (Å²) in [5.74, 6) is 3.36. The number of benzene rings is 3. The molecule has 9 heteroatoms. The maximum atomic E-state index is 11.3. The van der Waals surface area contributed by atoms with Crippen LogP contribution in [0.5, 0.6) is 17.2 Å². The first-order chi connectivity index (χ1) is 28.1. The van der Waals surface area contributed by atoms with Gasteiger partial charge >= 0.3 is 0 Å². The fourth-order valence-electron chi connectivity index (χ4n) is 8.06. The summed E-state index contributed by atoms with van der Waals surface area (Å²) in [5.41, 5.74) is 24.2. The Bertz CT molecular complexity index is 1580. The maximum Gasteiger partial charge on any atom is 0.128 e. The van der Waals surface area contributed by atoms with Crippen LogP contribution in [-0.2, 0) is 19.3 Å². The van der Waals surface area contributed by atoms with Crippen molar-refractivity contribution in [3.8, 4) is 39.5 Å². The molecule has 0 saturated carbocycles. The van der Waals surface area contributed by atoms with Crippen molar-refractivity contribution < 1.29 is 29.5 Å². The molecule has 0 unspecified atom stereocenters. The minimum absolute atomic E-state index is 0.0886. The zero-order valence-corrected chi connectivity index (χ0v) is 36.8. The average Bonchev–Trinajstić information content (AvgIpc) is 3.22. The Hall–Kier alpha value is -3.18. The smallest absolute Gasteiger partial charge is 0.128 e. The predicted octanol–water partition coefficient (Wildman–Crippen LogP) is 8.61. The van der Waals surface area contributed by atoms with Gasteiger partial charge in [-0.2, -0.15) is 0 Å². The maximum absolute atomic E-state index is 11.3. The van der Waals surface area contributed by atoms with Crippen molar-refractivity contribution in [3.05, 3.63) is 65.2 Å². The van der Waals surface area contributed by atoms with Crippen LogP contribution < -0.4 is 31.4 Å². The molecule has 0 bridgehead atoms. The Morgan fingerprint density at radius 2 is 0.983 bits per heavy atom. The number of ether oxygens (including phenoxy) is 3. The lowest BCUT2D eigenvalue weighted by Crippen LogP contribution is -2.23. The molecule has 0 amide bonds. The lowest BCUT2D eigenvalue weighted by atomic mass is 9.87. The van der Waals surface area contributed by atoms with E-state index in [2.05, 4.69) is 65.8 Å². The van der Waals surface area contributed by atoms with E-state index in [0.29, 0.717) is 61.9 Å². The molecule has 0 spiro atoms. The fraction of sp³-hybridized carbons (Fsp3) is 0.633. The summed E-state index contributed by atoms with van der Waals surface area (Å²) < 4.78 is 20.2. The Labute approximate surface area is 351 Å². The van der Waals surface area contributed by atoms with Crippen molar-refractivity contribution in [2.24, 2.45) is 35.0 Å². The van der Waals surface area contributed by atoms with E-state index in [1.54, 1.807) is 0 Å². The summed E-state index contributed by atoms with van der Waals surface area (Å²) >= 11 is 0. The van der Waals surface area contributed by atoms with Gasteiger partial charge in [-0.15, -0.1) is 0 Å². The number of aliphatic hydroxyl groups is 3. The van der Waals surface area contributed by atoms with Gasteiger partial charge in [0.05, 0.1) is 38.1 Å². The van der Waals surface area contributed by atoms with Crippen LogP contribution in [-0.4, -0.2) is 73.1 Å². The summed E-state index contributed by atoms with van der Waals surface area (Å²) in [6.45, 7) is 15.3. The van der Waals surface area contributed by atoms with Crippen molar-refractivity contribution >= 4 is 0 Å². The molecule has 0 aromatic heterocycles. The molecule has 0 aliphatic rings. The first kappa shape index (κ1) is 49.2. The highest BCUT2D eigenvalue weighted by Crippen LogP contribution is 2.44. The van der Waals surface area contributed by atoms with Gasteiger partial charge in [0, 0.05) is 43.6 Å². The monoisotopic (exact) mass is 806 g/mol. The van der Waals surface area contributed by atoms with Gasteiger partial charge < -0.3 is 46.7 Å². The Morgan fingerprint density at radius 3 is 1.52 bits per heavy atom. The van der Waals surface area contributed by atoms with Gasteiger partial charge in [0.1, 0.15) is 17.2 Å². The number of hydrogen-bond donors (Lipinski definition) is 6. The van der Waals surface area contributed by atoms with Gasteiger partial charge in [-0.3, -0.25) is 0 Å². The number of rotatable bonds is 30. The Balaban J connectivity index is 2.42. The molecule has 9 N–H and O–H groups in total. The van der Waals surface area contributed by atoms with Gasteiger partial charge in [-0.25, -0.2) is 0 Å². The molecule has 3 aromatic rings. The normalized spacial score (nSPS) is 13.4. The van der Waals surface area contributed by atoms with Crippen molar-refractivity contribution in [2.45, 2.75) is 143 Å². The number of aliphatic hydroxyl groups excluding tert-OH is 3. The van der Waals surface area contributed by atoms with Crippen molar-refractivity contribution in [1.29, 1.82) is 0 Å². The van der Waals surface area contributed by atoms with Crippen LogP contribution in [0.4, 0.5) is 0 Å². The molecule has 3 aromatic carbocycles. The van der Waals surface area contributed by atoms with E-state index in [-0.39, 0.29) is 26.1 Å². The highest BCUT2D eigenvalue weighted by atomic mass is 16.5. The molecule has 0 aliphatic carbocycles. The summed E-state index contributed by atoms with van der Waals surface area (Å²) in [6.07, 6.45) is 9.35. The van der Waals surface area contributed by atoms with E-state index >= 15 is 0 Å². The van der Waals surface area contributed by atoms with Crippen LogP contribution >= 0.6 is 0 Å². The second-order valence-electron chi connectivity index (χ2n) is 16.4. The number of hydrogen-bond acceptors (Lipinski definition) is 9. The van der Waals surface area contributed by atoms with E-state index in [0.717, 1.165) is 109 Å². The van der Waals surface area contributed by atoms with E-state index < -0.39 is 18.3 Å². The van der Waals surface area contributed by atoms with Gasteiger partial charge in [0.2, 0.25) is 0 Å². The SMILES string of the molecule is CCCC(CCC)COc1cccc(C[C@H](O)CN)c1-c1cc(C[C@@H](O)CN)c(-c2cc(C[C@@H](O)CN)cc(OCC(CC)CC)c2)c(OCC(CCC)CCC)c1. The quantitative estimate of drug-likeness (QED) is 0.0387. The first-order valence-corrected chi connectivity index (χ1v) is 22.5. The lowest BCUT2D eigenvalue weighted by molar-refractivity contribution is 0.183. The molecular weight excluding hydrogens is 727 g/mol. The van der Waals surface area contributed by atoms with Crippen LogP contribution in [0.3, 0.4) is 0 Å². The molecule has 326 valence electrons. The van der Waals surface area contributed by atoms with Gasteiger partial charge in [0.15, 0.2) is 0 Å². The van der Waals surface area contributed by atoms with E-state index in [9.17, 15) is 15.3 Å². The molecule has 9 nitrogen and oxygen atoms in total.